The first-order valence-corrected chi connectivity index (χ1v) is 4.50. The van der Waals surface area contributed by atoms with Gasteiger partial charge in [-0.3, -0.25) is 0 Å². The third kappa shape index (κ3) is 3.43. The lowest BCUT2D eigenvalue weighted by Gasteiger charge is -1.94. The molecule has 1 aromatic carbocycles. The van der Waals surface area contributed by atoms with E-state index in [1.54, 1.807) is 0 Å². The predicted molar refractivity (Wildman–Crippen MR) is 58.7 cm³/mol. The Balaban J connectivity index is 2.80. The van der Waals surface area contributed by atoms with Crippen molar-refractivity contribution < 1.29 is 4.58 Å². The van der Waals surface area contributed by atoms with Gasteiger partial charge in [0.2, 0.25) is 0 Å². The summed E-state index contributed by atoms with van der Waals surface area (Å²) in [6, 6.07) is 7.77. The molecule has 0 saturated carbocycles. The van der Waals surface area contributed by atoms with Crippen LogP contribution in [0.5, 0.6) is 0 Å². The smallest absolute Gasteiger partial charge is 0.162 e. The topological polar surface area (TPSA) is 3.01 Å². The van der Waals surface area contributed by atoms with Crippen LogP contribution in [0, 0.1) is 0 Å². The van der Waals surface area contributed by atoms with Crippen molar-refractivity contribution in [3.63, 3.8) is 0 Å². The Bertz CT molecular complexity index is 336. The Hall–Kier alpha value is -1.08. The molecule has 2 heteroatoms. The van der Waals surface area contributed by atoms with Crippen LogP contribution in [0.3, 0.4) is 0 Å². The third-order valence-electron chi connectivity index (χ3n) is 1.57. The van der Waals surface area contributed by atoms with Gasteiger partial charge in [0.15, 0.2) is 6.21 Å². The summed E-state index contributed by atoms with van der Waals surface area (Å²) in [5, 5.41) is 0.783. The third-order valence-corrected chi connectivity index (χ3v) is 1.91. The van der Waals surface area contributed by atoms with E-state index in [0.717, 1.165) is 10.6 Å². The number of rotatable bonds is 2. The molecular weight excluding hydrogens is 182 g/mol. The molecular formula is C11H13ClN+. The molecule has 0 radical (unpaired) electrons. The van der Waals surface area contributed by atoms with E-state index in [9.17, 15) is 0 Å². The molecule has 68 valence electrons. The molecule has 0 aliphatic carbocycles. The average Bonchev–Trinajstić information content (AvgIpc) is 2.08. The Labute approximate surface area is 84.0 Å². The minimum absolute atomic E-state index is 0.783. The maximum Gasteiger partial charge on any atom is 0.162 e. The van der Waals surface area contributed by atoms with Crippen LogP contribution in [0.15, 0.2) is 30.3 Å². The van der Waals surface area contributed by atoms with Crippen LogP contribution in [0.4, 0.5) is 0 Å². The minimum Gasteiger partial charge on any atom is -0.241 e. The van der Waals surface area contributed by atoms with Crippen LogP contribution in [-0.2, 0) is 0 Å². The zero-order valence-electron chi connectivity index (χ0n) is 7.87. The van der Waals surface area contributed by atoms with Gasteiger partial charge in [-0.2, -0.15) is 0 Å². The fourth-order valence-electron chi connectivity index (χ4n) is 0.929. The van der Waals surface area contributed by atoms with Crippen molar-refractivity contribution >= 4 is 23.9 Å². The molecule has 1 aromatic rings. The van der Waals surface area contributed by atoms with Crippen molar-refractivity contribution in [3.8, 4) is 0 Å². The SMILES string of the molecule is C[N+](C)=C/C=C/c1ccccc1Cl. The summed E-state index contributed by atoms with van der Waals surface area (Å²) < 4.78 is 1.98. The molecule has 1 rings (SSSR count). The van der Waals surface area contributed by atoms with Crippen LogP contribution in [0.2, 0.25) is 5.02 Å². The summed E-state index contributed by atoms with van der Waals surface area (Å²) in [5.41, 5.74) is 1.04. The van der Waals surface area contributed by atoms with Gasteiger partial charge in [-0.1, -0.05) is 29.8 Å². The van der Waals surface area contributed by atoms with E-state index in [-0.39, 0.29) is 0 Å². The predicted octanol–water partition coefficient (Wildman–Crippen LogP) is 2.70. The van der Waals surface area contributed by atoms with Crippen molar-refractivity contribution in [2.45, 2.75) is 0 Å². The van der Waals surface area contributed by atoms with Crippen LogP contribution in [-0.4, -0.2) is 24.9 Å². The molecule has 0 atom stereocenters. The van der Waals surface area contributed by atoms with E-state index in [2.05, 4.69) is 0 Å². The molecule has 0 saturated heterocycles. The number of hydrogen-bond acceptors (Lipinski definition) is 0. The average molecular weight is 195 g/mol. The summed E-state index contributed by atoms with van der Waals surface area (Å²) in [6.07, 6.45) is 5.94. The van der Waals surface area contributed by atoms with Gasteiger partial charge in [0.25, 0.3) is 0 Å². The van der Waals surface area contributed by atoms with Crippen molar-refractivity contribution in [2.75, 3.05) is 14.1 Å². The van der Waals surface area contributed by atoms with Gasteiger partial charge in [0, 0.05) is 11.1 Å². The summed E-state index contributed by atoms with van der Waals surface area (Å²) >= 11 is 5.96. The first-order valence-electron chi connectivity index (χ1n) is 4.12. The summed E-state index contributed by atoms with van der Waals surface area (Å²) in [6.45, 7) is 0. The fourth-order valence-corrected chi connectivity index (χ4v) is 1.13. The second-order valence-corrected chi connectivity index (χ2v) is 3.40. The molecule has 0 heterocycles. The standard InChI is InChI=1S/C11H13ClN/c1-13(2)9-5-7-10-6-3-4-8-11(10)12/h3-9H,1-2H3/q+1/b7-5+. The van der Waals surface area contributed by atoms with E-state index in [1.807, 2.05) is 61.3 Å². The van der Waals surface area contributed by atoms with Gasteiger partial charge in [-0.25, -0.2) is 4.58 Å². The second-order valence-electron chi connectivity index (χ2n) is 2.99. The minimum atomic E-state index is 0.783. The number of nitrogens with zero attached hydrogens (tertiary/aromatic N) is 1. The monoisotopic (exact) mass is 194 g/mol. The lowest BCUT2D eigenvalue weighted by Crippen LogP contribution is -1.94. The van der Waals surface area contributed by atoms with Crippen LogP contribution in [0.1, 0.15) is 5.56 Å². The Morgan fingerprint density at radius 1 is 1.23 bits per heavy atom. The molecule has 0 aliphatic heterocycles. The van der Waals surface area contributed by atoms with E-state index < -0.39 is 0 Å². The normalized spacial score (nSPS) is 10.4. The lowest BCUT2D eigenvalue weighted by atomic mass is 10.2. The van der Waals surface area contributed by atoms with Crippen molar-refractivity contribution in [3.05, 3.63) is 40.9 Å². The molecule has 1 nitrogen and oxygen atoms in total. The maximum atomic E-state index is 5.96. The molecule has 0 fully saturated rings. The van der Waals surface area contributed by atoms with Gasteiger partial charge in [0.1, 0.15) is 14.1 Å². The highest BCUT2D eigenvalue weighted by Crippen LogP contribution is 2.15. The second kappa shape index (κ2) is 4.83. The quantitative estimate of drug-likeness (QED) is 0.503. The molecule has 0 spiro atoms. The molecule has 0 aliphatic rings. The van der Waals surface area contributed by atoms with Crippen LogP contribution in [0.25, 0.3) is 6.08 Å². The first kappa shape index (κ1) is 10.0. The van der Waals surface area contributed by atoms with Gasteiger partial charge in [-0.05, 0) is 17.7 Å². The maximum absolute atomic E-state index is 5.96. The highest BCUT2D eigenvalue weighted by Gasteiger charge is 1.91. The Kier molecular flexibility index (Phi) is 3.71. The zero-order chi connectivity index (χ0) is 9.68. The van der Waals surface area contributed by atoms with E-state index >= 15 is 0 Å². The largest absolute Gasteiger partial charge is 0.241 e. The molecule has 0 amide bonds. The number of halogens is 1. The van der Waals surface area contributed by atoms with Gasteiger partial charge >= 0.3 is 0 Å². The molecule has 0 bridgehead atoms. The van der Waals surface area contributed by atoms with E-state index in [0.29, 0.717) is 0 Å². The van der Waals surface area contributed by atoms with Crippen LogP contribution >= 0.6 is 11.6 Å². The first-order chi connectivity index (χ1) is 6.20. The highest BCUT2D eigenvalue weighted by molar-refractivity contribution is 6.32. The van der Waals surface area contributed by atoms with Crippen LogP contribution < -0.4 is 0 Å². The molecule has 0 aromatic heterocycles. The summed E-state index contributed by atoms with van der Waals surface area (Å²) in [4.78, 5) is 0. The Morgan fingerprint density at radius 2 is 1.92 bits per heavy atom. The van der Waals surface area contributed by atoms with E-state index in [4.69, 9.17) is 11.6 Å². The Morgan fingerprint density at radius 3 is 2.54 bits per heavy atom. The lowest BCUT2D eigenvalue weighted by molar-refractivity contribution is -0.458. The number of hydrogen-bond donors (Lipinski definition) is 0. The van der Waals surface area contributed by atoms with Crippen molar-refractivity contribution in [1.82, 2.24) is 0 Å². The molecule has 0 N–H and O–H groups in total. The zero-order valence-corrected chi connectivity index (χ0v) is 8.62. The van der Waals surface area contributed by atoms with E-state index in [1.165, 1.54) is 0 Å². The summed E-state index contributed by atoms with van der Waals surface area (Å²) in [7, 11) is 3.97. The summed E-state index contributed by atoms with van der Waals surface area (Å²) in [5.74, 6) is 0. The number of benzene rings is 1. The van der Waals surface area contributed by atoms with Gasteiger partial charge < -0.3 is 0 Å². The van der Waals surface area contributed by atoms with Gasteiger partial charge in [-0.15, -0.1) is 0 Å². The fraction of sp³-hybridized carbons (Fsp3) is 0.182. The molecule has 0 unspecified atom stereocenters. The van der Waals surface area contributed by atoms with Crippen molar-refractivity contribution in [1.29, 1.82) is 0 Å². The number of allylic oxidation sites excluding steroid dienone is 1. The molecule has 13 heavy (non-hydrogen) atoms. The van der Waals surface area contributed by atoms with Gasteiger partial charge in [0.05, 0.1) is 0 Å². The highest BCUT2D eigenvalue weighted by atomic mass is 35.5. The van der Waals surface area contributed by atoms with Crippen molar-refractivity contribution in [2.24, 2.45) is 0 Å².